The molecule has 0 spiro atoms. The van der Waals surface area contributed by atoms with Gasteiger partial charge in [-0.1, -0.05) is 60.2 Å². The molecule has 2 atom stereocenters. The summed E-state index contributed by atoms with van der Waals surface area (Å²) in [6, 6.07) is 0. The number of carbonyl (C=O) groups is 3. The minimum absolute atomic E-state index is 0.180. The van der Waals surface area contributed by atoms with Crippen LogP contribution in [0.1, 0.15) is 55.4 Å². The van der Waals surface area contributed by atoms with E-state index in [4.69, 9.17) is 9.47 Å². The molecule has 23 heavy (non-hydrogen) atoms. The van der Waals surface area contributed by atoms with E-state index in [2.05, 4.69) is 0 Å². The molecule has 0 aromatic heterocycles. The highest BCUT2D eigenvalue weighted by molar-refractivity contribution is 8.14. The molecule has 0 aliphatic rings. The van der Waals surface area contributed by atoms with E-state index in [9.17, 15) is 14.4 Å². The van der Waals surface area contributed by atoms with Gasteiger partial charge in [0.25, 0.3) is 0 Å². The molecule has 0 bridgehead atoms. The van der Waals surface area contributed by atoms with Crippen molar-refractivity contribution in [3.05, 3.63) is 0 Å². The summed E-state index contributed by atoms with van der Waals surface area (Å²) in [4.78, 5) is 36.4. The Hall–Kier alpha value is -1.04. The lowest BCUT2D eigenvalue weighted by molar-refractivity contribution is -0.138. The molecule has 5 nitrogen and oxygen atoms in total. The van der Waals surface area contributed by atoms with Crippen molar-refractivity contribution < 1.29 is 23.9 Å². The van der Waals surface area contributed by atoms with E-state index >= 15 is 0 Å². The van der Waals surface area contributed by atoms with Gasteiger partial charge in [-0.15, -0.1) is 0 Å². The zero-order valence-electron chi connectivity index (χ0n) is 15.5. The molecule has 134 valence electrons. The number of thioether (sulfide) groups is 1. The number of rotatable bonds is 7. The quantitative estimate of drug-likeness (QED) is 0.511. The van der Waals surface area contributed by atoms with E-state index in [0.29, 0.717) is 0 Å². The number of ether oxygens (including phenoxy) is 2. The number of Topliss-reactive ketones (excluding diaryl/α,β-unsaturated/α-hetero) is 1. The maximum Gasteiger partial charge on any atom is 0.509 e. The first kappa shape index (κ1) is 22.0. The molecule has 6 heteroatoms. The first-order valence-corrected chi connectivity index (χ1v) is 8.76. The fraction of sp³-hybridized carbons (Fsp3) is 0.824. The summed E-state index contributed by atoms with van der Waals surface area (Å²) in [5, 5.41) is -0.215. The maximum absolute atomic E-state index is 12.5. The monoisotopic (exact) mass is 346 g/mol. The maximum atomic E-state index is 12.5. The SMILES string of the molecule is CC(C)COC(=O)O[C@H](C(=O)C(C)C(=O)SC(C)(C)C)C(C)C. The molecule has 1 unspecified atom stereocenters. The molecule has 0 heterocycles. The van der Waals surface area contributed by atoms with Crippen LogP contribution in [0.15, 0.2) is 0 Å². The van der Waals surface area contributed by atoms with E-state index in [1.165, 1.54) is 0 Å². The van der Waals surface area contributed by atoms with Crippen LogP contribution in [-0.4, -0.2) is 34.5 Å². The van der Waals surface area contributed by atoms with E-state index in [0.717, 1.165) is 11.8 Å². The second-order valence-electron chi connectivity index (χ2n) is 7.39. The van der Waals surface area contributed by atoms with Crippen LogP contribution in [0.4, 0.5) is 4.79 Å². The van der Waals surface area contributed by atoms with Gasteiger partial charge in [0.15, 0.2) is 17.0 Å². The highest BCUT2D eigenvalue weighted by atomic mass is 32.2. The van der Waals surface area contributed by atoms with Gasteiger partial charge in [0.2, 0.25) is 0 Å². The van der Waals surface area contributed by atoms with Crippen molar-refractivity contribution in [3.63, 3.8) is 0 Å². The average molecular weight is 346 g/mol. The molecule has 0 aromatic rings. The third-order valence-electron chi connectivity index (χ3n) is 2.83. The summed E-state index contributed by atoms with van der Waals surface area (Å²) in [7, 11) is 0. The summed E-state index contributed by atoms with van der Waals surface area (Å²) < 4.78 is 9.84. The van der Waals surface area contributed by atoms with Crippen LogP contribution in [0, 0.1) is 17.8 Å². The highest BCUT2D eigenvalue weighted by Gasteiger charge is 2.35. The Morgan fingerprint density at radius 3 is 1.91 bits per heavy atom. The van der Waals surface area contributed by atoms with Gasteiger partial charge in [0, 0.05) is 4.75 Å². The molecule has 0 saturated heterocycles. The lowest BCUT2D eigenvalue weighted by Crippen LogP contribution is -2.38. The topological polar surface area (TPSA) is 69.7 Å². The van der Waals surface area contributed by atoms with Crippen LogP contribution >= 0.6 is 11.8 Å². The van der Waals surface area contributed by atoms with Crippen molar-refractivity contribution in [1.29, 1.82) is 0 Å². The molecular weight excluding hydrogens is 316 g/mol. The smallest absolute Gasteiger partial charge is 0.434 e. The molecule has 0 aliphatic heterocycles. The van der Waals surface area contributed by atoms with E-state index in [1.807, 2.05) is 34.6 Å². The van der Waals surface area contributed by atoms with Gasteiger partial charge < -0.3 is 9.47 Å². The van der Waals surface area contributed by atoms with Gasteiger partial charge in [0.1, 0.15) is 0 Å². The molecule has 0 fully saturated rings. The largest absolute Gasteiger partial charge is 0.509 e. The Bertz CT molecular complexity index is 423. The Labute approximate surface area is 143 Å². The molecule has 0 aromatic carbocycles. The van der Waals surface area contributed by atoms with Crippen molar-refractivity contribution in [1.82, 2.24) is 0 Å². The first-order valence-electron chi connectivity index (χ1n) is 7.95. The fourth-order valence-electron chi connectivity index (χ4n) is 1.65. The Morgan fingerprint density at radius 1 is 1.00 bits per heavy atom. The van der Waals surface area contributed by atoms with Crippen LogP contribution in [0.25, 0.3) is 0 Å². The highest BCUT2D eigenvalue weighted by Crippen LogP contribution is 2.28. The molecule has 0 amide bonds. The number of carbonyl (C=O) groups excluding carboxylic acids is 3. The van der Waals surface area contributed by atoms with Gasteiger partial charge >= 0.3 is 6.16 Å². The van der Waals surface area contributed by atoms with E-state index < -0.39 is 18.2 Å². The molecule has 0 rings (SSSR count). The Balaban J connectivity index is 4.85. The second kappa shape index (κ2) is 9.30. The van der Waals surface area contributed by atoms with Gasteiger partial charge in [-0.3, -0.25) is 9.59 Å². The number of ketones is 1. The minimum atomic E-state index is -0.978. The van der Waals surface area contributed by atoms with Crippen LogP contribution in [0.5, 0.6) is 0 Å². The third-order valence-corrected chi connectivity index (χ3v) is 4.00. The minimum Gasteiger partial charge on any atom is -0.434 e. The van der Waals surface area contributed by atoms with Crippen LogP contribution in [-0.2, 0) is 19.1 Å². The van der Waals surface area contributed by atoms with Crippen molar-refractivity contribution in [2.45, 2.75) is 66.2 Å². The van der Waals surface area contributed by atoms with Gasteiger partial charge in [0.05, 0.1) is 12.5 Å². The second-order valence-corrected chi connectivity index (χ2v) is 9.23. The summed E-state index contributed by atoms with van der Waals surface area (Å²) in [5.41, 5.74) is 0. The normalized spacial score (nSPS) is 14.5. The number of hydrogen-bond donors (Lipinski definition) is 0. The van der Waals surface area contributed by atoms with Crippen LogP contribution in [0.2, 0.25) is 0 Å². The van der Waals surface area contributed by atoms with Crippen molar-refractivity contribution in [2.75, 3.05) is 6.61 Å². The van der Waals surface area contributed by atoms with Crippen molar-refractivity contribution in [2.24, 2.45) is 17.8 Å². The Morgan fingerprint density at radius 2 is 1.52 bits per heavy atom. The summed E-state index contributed by atoms with van der Waals surface area (Å²) >= 11 is 1.12. The summed E-state index contributed by atoms with van der Waals surface area (Å²) in [5.74, 6) is -1.27. The van der Waals surface area contributed by atoms with Crippen LogP contribution < -0.4 is 0 Å². The third kappa shape index (κ3) is 8.98. The molecule has 0 radical (unpaired) electrons. The van der Waals surface area contributed by atoms with Crippen LogP contribution in [0.3, 0.4) is 0 Å². The number of hydrogen-bond acceptors (Lipinski definition) is 6. The van der Waals surface area contributed by atoms with Gasteiger partial charge in [-0.05, 0) is 18.8 Å². The Kier molecular flexibility index (Phi) is 8.88. The average Bonchev–Trinajstić information content (AvgIpc) is 2.38. The predicted molar refractivity (Wildman–Crippen MR) is 92.4 cm³/mol. The summed E-state index contributed by atoms with van der Waals surface area (Å²) in [6.45, 7) is 14.9. The molecule has 0 saturated carbocycles. The van der Waals surface area contributed by atoms with Gasteiger partial charge in [-0.25, -0.2) is 4.79 Å². The zero-order valence-corrected chi connectivity index (χ0v) is 16.3. The molecule has 0 N–H and O–H groups in total. The fourth-order valence-corrected chi connectivity index (χ4v) is 2.54. The zero-order chi connectivity index (χ0) is 18.4. The van der Waals surface area contributed by atoms with Crippen molar-refractivity contribution in [3.8, 4) is 0 Å². The van der Waals surface area contributed by atoms with Gasteiger partial charge in [-0.2, -0.15) is 0 Å². The molecule has 0 aliphatic carbocycles. The standard InChI is InChI=1S/C17H30O5S/c1-10(2)9-21-16(20)22-14(11(3)4)13(18)12(5)15(19)23-17(6,7)8/h10-12,14H,9H2,1-8H3/t12?,14-/m0/s1. The predicted octanol–water partition coefficient (Wildman–Crippen LogP) is 4.08. The first-order chi connectivity index (χ1) is 10.3. The molecular formula is C17H30O5S. The van der Waals surface area contributed by atoms with Crippen molar-refractivity contribution >= 4 is 28.8 Å². The lowest BCUT2D eigenvalue weighted by atomic mass is 9.95. The van der Waals surface area contributed by atoms with E-state index in [-0.39, 0.29) is 34.1 Å². The van der Waals surface area contributed by atoms with E-state index in [1.54, 1.807) is 20.8 Å². The summed E-state index contributed by atoms with van der Waals surface area (Å²) in [6.07, 6.45) is -1.84. The lowest BCUT2D eigenvalue weighted by Gasteiger charge is -2.24.